The van der Waals surface area contributed by atoms with Gasteiger partial charge in [0.2, 0.25) is 0 Å². The lowest BCUT2D eigenvalue weighted by Gasteiger charge is -2.19. The summed E-state index contributed by atoms with van der Waals surface area (Å²) in [6.45, 7) is 5.05. The molecule has 2 N–H and O–H groups in total. The fourth-order valence-electron chi connectivity index (χ4n) is 1.53. The molecule has 1 rings (SSSR count). The molecule has 0 heterocycles. The summed E-state index contributed by atoms with van der Waals surface area (Å²) in [7, 11) is 0. The summed E-state index contributed by atoms with van der Waals surface area (Å²) in [5.41, 5.74) is -1.81. The summed E-state index contributed by atoms with van der Waals surface area (Å²) >= 11 is 0. The number of nitrogens with one attached hydrogen (secondary N) is 2. The van der Waals surface area contributed by atoms with Gasteiger partial charge in [-0.1, -0.05) is 0 Å². The van der Waals surface area contributed by atoms with Crippen molar-refractivity contribution in [2.45, 2.75) is 26.4 Å². The van der Waals surface area contributed by atoms with Crippen molar-refractivity contribution in [1.82, 2.24) is 5.32 Å². The van der Waals surface area contributed by atoms with Crippen LogP contribution < -0.4 is 10.6 Å². The quantitative estimate of drug-likeness (QED) is 0.495. The van der Waals surface area contributed by atoms with Crippen LogP contribution in [-0.4, -0.2) is 29.7 Å². The molecule has 122 valence electrons. The van der Waals surface area contributed by atoms with E-state index in [9.17, 15) is 23.7 Å². The standard InChI is InChI=1S/C13H17F2N3O4/c1-13(2,3)22-12(19)17-7-6-16-11-9(18(20)21)5-4-8(14)10(11)15/h4-5,16H,6-7H2,1-3H3,(H,17,19). The van der Waals surface area contributed by atoms with Crippen LogP contribution in [0, 0.1) is 21.7 Å². The second-order valence-corrected chi connectivity index (χ2v) is 5.37. The smallest absolute Gasteiger partial charge is 0.407 e. The van der Waals surface area contributed by atoms with Crippen molar-refractivity contribution >= 4 is 17.5 Å². The number of anilines is 1. The van der Waals surface area contributed by atoms with Crippen molar-refractivity contribution in [3.8, 4) is 0 Å². The van der Waals surface area contributed by atoms with Crippen LogP contribution in [0.5, 0.6) is 0 Å². The maximum Gasteiger partial charge on any atom is 0.407 e. The lowest BCUT2D eigenvalue weighted by Crippen LogP contribution is -2.35. The van der Waals surface area contributed by atoms with E-state index < -0.39 is 39.6 Å². The Hall–Kier alpha value is -2.45. The predicted molar refractivity (Wildman–Crippen MR) is 75.7 cm³/mol. The van der Waals surface area contributed by atoms with Crippen LogP contribution in [0.4, 0.5) is 25.0 Å². The van der Waals surface area contributed by atoms with E-state index in [2.05, 4.69) is 10.6 Å². The average Bonchev–Trinajstić information content (AvgIpc) is 2.36. The van der Waals surface area contributed by atoms with Gasteiger partial charge in [-0.25, -0.2) is 13.6 Å². The number of benzene rings is 1. The van der Waals surface area contributed by atoms with Gasteiger partial charge in [-0.2, -0.15) is 0 Å². The Balaban J connectivity index is 2.60. The third kappa shape index (κ3) is 5.15. The number of hydrogen-bond donors (Lipinski definition) is 2. The van der Waals surface area contributed by atoms with Gasteiger partial charge in [0.05, 0.1) is 4.92 Å². The average molecular weight is 317 g/mol. The molecular formula is C13H17F2N3O4. The minimum Gasteiger partial charge on any atom is -0.444 e. The number of nitrogens with zero attached hydrogens (tertiary/aromatic N) is 1. The molecule has 0 bridgehead atoms. The van der Waals surface area contributed by atoms with E-state index in [4.69, 9.17) is 4.74 Å². The molecule has 1 amide bonds. The van der Waals surface area contributed by atoms with Crippen LogP contribution in [0.15, 0.2) is 12.1 Å². The van der Waals surface area contributed by atoms with E-state index in [0.717, 1.165) is 6.07 Å². The monoisotopic (exact) mass is 317 g/mol. The van der Waals surface area contributed by atoms with E-state index in [1.54, 1.807) is 20.8 Å². The zero-order chi connectivity index (χ0) is 16.9. The molecule has 0 aliphatic carbocycles. The second-order valence-electron chi connectivity index (χ2n) is 5.37. The van der Waals surface area contributed by atoms with E-state index in [0.29, 0.717) is 6.07 Å². The van der Waals surface area contributed by atoms with Crippen molar-refractivity contribution in [1.29, 1.82) is 0 Å². The zero-order valence-electron chi connectivity index (χ0n) is 12.4. The number of amides is 1. The van der Waals surface area contributed by atoms with Gasteiger partial charge in [-0.05, 0) is 26.8 Å². The van der Waals surface area contributed by atoms with Crippen molar-refractivity contribution in [3.63, 3.8) is 0 Å². The second kappa shape index (κ2) is 7.01. The maximum absolute atomic E-state index is 13.6. The third-order valence-corrected chi connectivity index (χ3v) is 2.36. The minimum atomic E-state index is -1.34. The highest BCUT2D eigenvalue weighted by Crippen LogP contribution is 2.28. The van der Waals surface area contributed by atoms with Crippen LogP contribution in [0.1, 0.15) is 20.8 Å². The molecule has 0 spiro atoms. The number of alkyl carbamates (subject to hydrolysis) is 1. The number of hydrogen-bond acceptors (Lipinski definition) is 5. The number of nitro benzene ring substituents is 1. The van der Waals surface area contributed by atoms with Crippen LogP contribution in [0.2, 0.25) is 0 Å². The third-order valence-electron chi connectivity index (χ3n) is 2.36. The van der Waals surface area contributed by atoms with Crippen LogP contribution in [-0.2, 0) is 4.74 Å². The Morgan fingerprint density at radius 2 is 1.95 bits per heavy atom. The molecule has 1 aromatic rings. The molecule has 0 aromatic heterocycles. The molecule has 0 unspecified atom stereocenters. The van der Waals surface area contributed by atoms with Gasteiger partial charge in [0.25, 0.3) is 5.69 Å². The SMILES string of the molecule is CC(C)(C)OC(=O)NCCNc1c([N+](=O)[O-])ccc(F)c1F. The predicted octanol–water partition coefficient (Wildman–Crippen LogP) is 2.81. The molecule has 0 aliphatic rings. The molecule has 0 fully saturated rings. The fourth-order valence-corrected chi connectivity index (χ4v) is 1.53. The summed E-state index contributed by atoms with van der Waals surface area (Å²) in [5.74, 6) is -2.54. The van der Waals surface area contributed by atoms with Crippen molar-refractivity contribution in [2.75, 3.05) is 18.4 Å². The Morgan fingerprint density at radius 3 is 2.50 bits per heavy atom. The Kier molecular flexibility index (Phi) is 5.61. The highest BCUT2D eigenvalue weighted by atomic mass is 19.2. The minimum absolute atomic E-state index is 0.0159. The van der Waals surface area contributed by atoms with Crippen LogP contribution in [0.25, 0.3) is 0 Å². The van der Waals surface area contributed by atoms with Gasteiger partial charge < -0.3 is 15.4 Å². The van der Waals surface area contributed by atoms with Gasteiger partial charge in [-0.15, -0.1) is 0 Å². The maximum atomic E-state index is 13.6. The highest BCUT2D eigenvalue weighted by molar-refractivity contribution is 5.68. The number of carbonyl (C=O) groups is 1. The largest absolute Gasteiger partial charge is 0.444 e. The Morgan fingerprint density at radius 1 is 1.32 bits per heavy atom. The number of ether oxygens (including phenoxy) is 1. The van der Waals surface area contributed by atoms with Gasteiger partial charge in [0.15, 0.2) is 17.3 Å². The number of rotatable bonds is 5. The normalized spacial score (nSPS) is 11.0. The Bertz CT molecular complexity index is 573. The topological polar surface area (TPSA) is 93.5 Å². The van der Waals surface area contributed by atoms with Crippen LogP contribution >= 0.6 is 0 Å². The summed E-state index contributed by atoms with van der Waals surface area (Å²) in [6.07, 6.45) is -0.677. The highest BCUT2D eigenvalue weighted by Gasteiger charge is 2.21. The van der Waals surface area contributed by atoms with E-state index in [-0.39, 0.29) is 13.1 Å². The van der Waals surface area contributed by atoms with Gasteiger partial charge >= 0.3 is 6.09 Å². The lowest BCUT2D eigenvalue weighted by atomic mass is 10.2. The summed E-state index contributed by atoms with van der Waals surface area (Å²) in [5, 5.41) is 15.5. The Labute approximate surface area is 125 Å². The molecule has 7 nitrogen and oxygen atoms in total. The van der Waals surface area contributed by atoms with Crippen molar-refractivity contribution < 1.29 is 23.2 Å². The van der Waals surface area contributed by atoms with Gasteiger partial charge in [-0.3, -0.25) is 10.1 Å². The van der Waals surface area contributed by atoms with Crippen LogP contribution in [0.3, 0.4) is 0 Å². The summed E-state index contributed by atoms with van der Waals surface area (Å²) < 4.78 is 31.7. The first-order valence-corrected chi connectivity index (χ1v) is 6.45. The molecule has 0 radical (unpaired) electrons. The van der Waals surface area contributed by atoms with Crippen molar-refractivity contribution in [3.05, 3.63) is 33.9 Å². The van der Waals surface area contributed by atoms with E-state index in [1.165, 1.54) is 0 Å². The molecule has 1 aromatic carbocycles. The first-order chi connectivity index (χ1) is 10.1. The van der Waals surface area contributed by atoms with Crippen molar-refractivity contribution in [2.24, 2.45) is 0 Å². The molecule has 9 heteroatoms. The zero-order valence-corrected chi connectivity index (χ0v) is 12.4. The lowest BCUT2D eigenvalue weighted by molar-refractivity contribution is -0.384. The summed E-state index contributed by atoms with van der Waals surface area (Å²) in [4.78, 5) is 21.3. The van der Waals surface area contributed by atoms with Gasteiger partial charge in [0.1, 0.15) is 5.60 Å². The number of nitro groups is 1. The van der Waals surface area contributed by atoms with Gasteiger partial charge in [0, 0.05) is 19.2 Å². The van der Waals surface area contributed by atoms with E-state index >= 15 is 0 Å². The molecule has 0 saturated carbocycles. The molecule has 0 saturated heterocycles. The molecule has 22 heavy (non-hydrogen) atoms. The fraction of sp³-hybridized carbons (Fsp3) is 0.462. The number of carbonyl (C=O) groups excluding carboxylic acids is 1. The molecular weight excluding hydrogens is 300 g/mol. The first-order valence-electron chi connectivity index (χ1n) is 6.45. The molecule has 0 aliphatic heterocycles. The number of halogens is 2. The first kappa shape index (κ1) is 17.6. The summed E-state index contributed by atoms with van der Waals surface area (Å²) in [6, 6.07) is 1.54. The van der Waals surface area contributed by atoms with E-state index in [1.807, 2.05) is 0 Å². The molecule has 0 atom stereocenters.